The number of hydrogen-bond acceptors (Lipinski definition) is 3. The molecule has 72 valence electrons. The number of aromatic nitrogens is 4. The predicted molar refractivity (Wildman–Crippen MR) is 47.7 cm³/mol. The fraction of sp³-hybridized carbons (Fsp3) is 0.125. The largest absolute Gasteiger partial charge is 0.478 e. The molecule has 0 bridgehead atoms. The number of H-pyrrole nitrogens is 1. The molecule has 0 unspecified atom stereocenters. The van der Waals surface area contributed by atoms with Crippen LogP contribution in [0.25, 0.3) is 11.3 Å². The zero-order valence-corrected chi connectivity index (χ0v) is 7.43. The van der Waals surface area contributed by atoms with Gasteiger partial charge in [-0.1, -0.05) is 0 Å². The first-order chi connectivity index (χ1) is 6.68. The van der Waals surface area contributed by atoms with Crippen molar-refractivity contribution in [3.8, 4) is 11.3 Å². The van der Waals surface area contributed by atoms with Crippen LogP contribution in [0.4, 0.5) is 0 Å². The summed E-state index contributed by atoms with van der Waals surface area (Å²) in [5.74, 6) is -0.980. The average Bonchev–Trinajstić information content (AvgIpc) is 2.70. The fourth-order valence-corrected chi connectivity index (χ4v) is 1.22. The van der Waals surface area contributed by atoms with E-state index in [1.807, 2.05) is 0 Å². The molecular formula is C8H8N4O2. The van der Waals surface area contributed by atoms with E-state index in [1.54, 1.807) is 13.2 Å². The van der Waals surface area contributed by atoms with Crippen molar-refractivity contribution >= 4 is 5.97 Å². The number of hydrogen-bond donors (Lipinski definition) is 2. The summed E-state index contributed by atoms with van der Waals surface area (Å²) >= 11 is 0. The quantitative estimate of drug-likeness (QED) is 0.726. The van der Waals surface area contributed by atoms with Gasteiger partial charge in [-0.2, -0.15) is 15.0 Å². The number of aryl methyl sites for hydroxylation is 1. The Morgan fingerprint density at radius 2 is 2.36 bits per heavy atom. The van der Waals surface area contributed by atoms with E-state index in [0.717, 1.165) is 0 Å². The lowest BCUT2D eigenvalue weighted by molar-refractivity contribution is 0.0698. The molecule has 6 nitrogen and oxygen atoms in total. The zero-order chi connectivity index (χ0) is 10.1. The summed E-state index contributed by atoms with van der Waals surface area (Å²) in [5, 5.41) is 16.7. The van der Waals surface area contributed by atoms with Crippen molar-refractivity contribution in [2.45, 2.75) is 0 Å². The van der Waals surface area contributed by atoms with Crippen molar-refractivity contribution in [2.24, 2.45) is 7.05 Å². The molecule has 0 aliphatic heterocycles. The lowest BCUT2D eigenvalue weighted by Gasteiger charge is -1.92. The second-order valence-corrected chi connectivity index (χ2v) is 2.81. The first-order valence-electron chi connectivity index (χ1n) is 3.95. The van der Waals surface area contributed by atoms with Crippen LogP contribution in [0.3, 0.4) is 0 Å². The Kier molecular flexibility index (Phi) is 1.81. The molecule has 0 fully saturated rings. The summed E-state index contributed by atoms with van der Waals surface area (Å²) < 4.78 is 0. The second kappa shape index (κ2) is 2.99. The van der Waals surface area contributed by atoms with Crippen molar-refractivity contribution in [2.75, 3.05) is 0 Å². The lowest BCUT2D eigenvalue weighted by Crippen LogP contribution is -1.97. The number of carboxylic acid groups (broad SMARTS) is 1. The van der Waals surface area contributed by atoms with Gasteiger partial charge in [0.2, 0.25) is 0 Å². The minimum absolute atomic E-state index is 0.200. The van der Waals surface area contributed by atoms with Gasteiger partial charge in [0, 0.05) is 25.0 Å². The Bertz CT molecular complexity index is 471. The van der Waals surface area contributed by atoms with Gasteiger partial charge in [-0.25, -0.2) is 4.79 Å². The number of aromatic amines is 1. The molecule has 6 heteroatoms. The number of rotatable bonds is 2. The van der Waals surface area contributed by atoms with Crippen LogP contribution in [0.5, 0.6) is 0 Å². The third-order valence-corrected chi connectivity index (χ3v) is 1.85. The molecule has 0 aliphatic rings. The Morgan fingerprint density at radius 1 is 1.57 bits per heavy atom. The van der Waals surface area contributed by atoms with Crippen molar-refractivity contribution in [3.63, 3.8) is 0 Å². The van der Waals surface area contributed by atoms with Crippen molar-refractivity contribution in [1.29, 1.82) is 0 Å². The smallest absolute Gasteiger partial charge is 0.337 e. The van der Waals surface area contributed by atoms with Crippen molar-refractivity contribution in [3.05, 3.63) is 24.2 Å². The normalized spacial score (nSPS) is 10.4. The average molecular weight is 192 g/mol. The minimum Gasteiger partial charge on any atom is -0.478 e. The van der Waals surface area contributed by atoms with Crippen molar-refractivity contribution in [1.82, 2.24) is 20.0 Å². The highest BCUT2D eigenvalue weighted by Gasteiger charge is 2.14. The summed E-state index contributed by atoms with van der Waals surface area (Å²) in [6.45, 7) is 0. The lowest BCUT2D eigenvalue weighted by atomic mass is 10.1. The molecular weight excluding hydrogens is 184 g/mol. The topological polar surface area (TPSA) is 83.8 Å². The molecule has 0 amide bonds. The van der Waals surface area contributed by atoms with Gasteiger partial charge in [-0.3, -0.25) is 0 Å². The molecule has 0 atom stereocenters. The maximum Gasteiger partial charge on any atom is 0.337 e. The molecule has 2 rings (SSSR count). The molecule has 0 aliphatic carbocycles. The van der Waals surface area contributed by atoms with Crippen LogP contribution in [0.2, 0.25) is 0 Å². The molecule has 0 saturated carbocycles. The molecule has 0 saturated heterocycles. The number of nitrogens with zero attached hydrogens (tertiary/aromatic N) is 3. The van der Waals surface area contributed by atoms with Crippen LogP contribution >= 0.6 is 0 Å². The van der Waals surface area contributed by atoms with E-state index < -0.39 is 5.97 Å². The molecule has 2 heterocycles. The number of carbonyl (C=O) groups is 1. The van der Waals surface area contributed by atoms with Gasteiger partial charge in [0.05, 0.1) is 11.8 Å². The third kappa shape index (κ3) is 1.26. The van der Waals surface area contributed by atoms with E-state index in [0.29, 0.717) is 11.3 Å². The summed E-state index contributed by atoms with van der Waals surface area (Å²) in [7, 11) is 1.68. The molecule has 2 aromatic heterocycles. The second-order valence-electron chi connectivity index (χ2n) is 2.81. The van der Waals surface area contributed by atoms with E-state index in [1.165, 1.54) is 17.2 Å². The SMILES string of the molecule is Cn1ncc(-c2c[nH]cc2C(=O)O)n1. The van der Waals surface area contributed by atoms with Crippen LogP contribution < -0.4 is 0 Å². The number of nitrogens with one attached hydrogen (secondary N) is 1. The van der Waals surface area contributed by atoms with E-state index in [4.69, 9.17) is 5.11 Å². The highest BCUT2D eigenvalue weighted by Crippen LogP contribution is 2.20. The maximum atomic E-state index is 10.8. The van der Waals surface area contributed by atoms with Gasteiger partial charge < -0.3 is 10.1 Å². The Labute approximate surface area is 79.2 Å². The highest BCUT2D eigenvalue weighted by molar-refractivity contribution is 5.95. The van der Waals surface area contributed by atoms with Gasteiger partial charge in [-0.05, 0) is 0 Å². The highest BCUT2D eigenvalue weighted by atomic mass is 16.4. The van der Waals surface area contributed by atoms with E-state index in [2.05, 4.69) is 15.2 Å². The van der Waals surface area contributed by atoms with E-state index in [9.17, 15) is 4.79 Å². The van der Waals surface area contributed by atoms with E-state index >= 15 is 0 Å². The summed E-state index contributed by atoms with van der Waals surface area (Å²) in [6.07, 6.45) is 4.54. The van der Waals surface area contributed by atoms with Crippen LogP contribution in [-0.4, -0.2) is 31.1 Å². The molecule has 0 aromatic carbocycles. The zero-order valence-electron chi connectivity index (χ0n) is 7.43. The van der Waals surface area contributed by atoms with Gasteiger partial charge >= 0.3 is 5.97 Å². The number of aromatic carboxylic acids is 1. The minimum atomic E-state index is -0.980. The Balaban J connectivity index is 2.51. The van der Waals surface area contributed by atoms with Crippen LogP contribution in [0, 0.1) is 0 Å². The first-order valence-corrected chi connectivity index (χ1v) is 3.95. The fourth-order valence-electron chi connectivity index (χ4n) is 1.22. The summed E-state index contributed by atoms with van der Waals surface area (Å²) in [4.78, 5) is 14.9. The Morgan fingerprint density at radius 3 is 2.93 bits per heavy atom. The van der Waals surface area contributed by atoms with Gasteiger partial charge in [-0.15, -0.1) is 0 Å². The van der Waals surface area contributed by atoms with Gasteiger partial charge in [0.1, 0.15) is 5.69 Å². The molecule has 2 N–H and O–H groups in total. The van der Waals surface area contributed by atoms with Crippen LogP contribution in [0.1, 0.15) is 10.4 Å². The molecule has 2 aromatic rings. The number of carboxylic acids is 1. The molecule has 0 spiro atoms. The van der Waals surface area contributed by atoms with Crippen LogP contribution in [-0.2, 0) is 7.05 Å². The summed E-state index contributed by atoms with van der Waals surface area (Å²) in [6, 6.07) is 0. The third-order valence-electron chi connectivity index (χ3n) is 1.85. The summed E-state index contributed by atoms with van der Waals surface area (Å²) in [5.41, 5.74) is 1.29. The Hall–Kier alpha value is -2.11. The van der Waals surface area contributed by atoms with Gasteiger partial charge in [0.15, 0.2) is 0 Å². The maximum absolute atomic E-state index is 10.8. The van der Waals surface area contributed by atoms with Gasteiger partial charge in [0.25, 0.3) is 0 Å². The predicted octanol–water partition coefficient (Wildman–Crippen LogP) is 0.508. The standard InChI is InChI=1S/C8H8N4O2/c1-12-10-4-7(11-12)5-2-9-3-6(5)8(13)14/h2-4,9H,1H3,(H,13,14). The molecule has 0 radical (unpaired) electrons. The molecule has 14 heavy (non-hydrogen) atoms. The van der Waals surface area contributed by atoms with Crippen molar-refractivity contribution < 1.29 is 9.90 Å². The monoisotopic (exact) mass is 192 g/mol. The first kappa shape index (κ1) is 8.49. The van der Waals surface area contributed by atoms with E-state index in [-0.39, 0.29) is 5.56 Å². The van der Waals surface area contributed by atoms with Crippen LogP contribution in [0.15, 0.2) is 18.6 Å².